The van der Waals surface area contributed by atoms with Gasteiger partial charge in [-0.15, -0.1) is 0 Å². The molecule has 1 amide bonds. The molecule has 10 heteroatoms. The first-order valence-electron chi connectivity index (χ1n) is 13.4. The number of aromatic nitrogens is 2. The molecule has 206 valence electrons. The molecule has 0 unspecified atom stereocenters. The molecule has 2 aliphatic heterocycles. The number of ether oxygens (including phenoxy) is 1. The molecule has 7 nitrogen and oxygen atoms in total. The minimum atomic E-state index is -4.37. The maximum absolute atomic E-state index is 13.4. The van der Waals surface area contributed by atoms with Crippen LogP contribution >= 0.6 is 0 Å². The fourth-order valence-corrected chi connectivity index (χ4v) is 5.15. The van der Waals surface area contributed by atoms with E-state index >= 15 is 0 Å². The molecule has 2 N–H and O–H groups in total. The van der Waals surface area contributed by atoms with Gasteiger partial charge in [0.15, 0.2) is 12.7 Å². The molecule has 4 heterocycles. The second-order valence-corrected chi connectivity index (χ2v) is 9.93. The van der Waals surface area contributed by atoms with Crippen LogP contribution in [0.3, 0.4) is 0 Å². The van der Waals surface area contributed by atoms with E-state index < -0.39 is 12.7 Å². The van der Waals surface area contributed by atoms with Gasteiger partial charge in [-0.1, -0.05) is 12.0 Å². The maximum Gasteiger partial charge on any atom is 0.406 e. The summed E-state index contributed by atoms with van der Waals surface area (Å²) in [5, 5.41) is 7.45. The molecular formula is C29H33F3N5O2+. The van der Waals surface area contributed by atoms with Crippen LogP contribution in [0.4, 0.5) is 18.9 Å². The topological polar surface area (TPSA) is 62.4 Å². The Morgan fingerprint density at radius 2 is 1.97 bits per heavy atom. The molecule has 0 saturated carbocycles. The number of halogens is 3. The van der Waals surface area contributed by atoms with Gasteiger partial charge in [0.05, 0.1) is 24.5 Å². The normalized spacial score (nSPS) is 16.2. The van der Waals surface area contributed by atoms with Crippen LogP contribution in [0.25, 0.3) is 10.9 Å². The molecule has 5 rings (SSSR count). The van der Waals surface area contributed by atoms with Crippen LogP contribution in [-0.4, -0.2) is 60.4 Å². The highest BCUT2D eigenvalue weighted by molar-refractivity contribution is 5.91. The van der Waals surface area contributed by atoms with Crippen molar-refractivity contribution in [2.75, 3.05) is 38.2 Å². The van der Waals surface area contributed by atoms with E-state index in [0.29, 0.717) is 49.1 Å². The van der Waals surface area contributed by atoms with E-state index in [2.05, 4.69) is 22.5 Å². The van der Waals surface area contributed by atoms with Crippen LogP contribution in [0.5, 0.6) is 0 Å². The monoisotopic (exact) mass is 540 g/mol. The molecule has 0 bridgehead atoms. The first kappa shape index (κ1) is 27.0. The van der Waals surface area contributed by atoms with E-state index in [1.165, 1.54) is 4.57 Å². The first-order chi connectivity index (χ1) is 18.8. The Kier molecular flexibility index (Phi) is 8.10. The second kappa shape index (κ2) is 11.7. The Balaban J connectivity index is 1.30. The van der Waals surface area contributed by atoms with Gasteiger partial charge >= 0.3 is 12.1 Å². The van der Waals surface area contributed by atoms with Gasteiger partial charge < -0.3 is 24.8 Å². The fourth-order valence-electron chi connectivity index (χ4n) is 5.15. The highest BCUT2D eigenvalue weighted by Gasteiger charge is 2.31. The number of alkyl halides is 3. The van der Waals surface area contributed by atoms with Crippen molar-refractivity contribution in [1.82, 2.24) is 14.8 Å². The zero-order chi connectivity index (χ0) is 27.4. The van der Waals surface area contributed by atoms with E-state index in [1.807, 2.05) is 35.9 Å². The summed E-state index contributed by atoms with van der Waals surface area (Å²) in [6.45, 7) is 5.30. The minimum absolute atomic E-state index is 0.00936. The van der Waals surface area contributed by atoms with Gasteiger partial charge in [0.2, 0.25) is 0 Å². The molecule has 1 fully saturated rings. The summed E-state index contributed by atoms with van der Waals surface area (Å²) in [4.78, 5) is 14.3. The summed E-state index contributed by atoms with van der Waals surface area (Å²) in [6.07, 6.45) is -0.580. The van der Waals surface area contributed by atoms with Gasteiger partial charge in [0.1, 0.15) is 6.54 Å². The second-order valence-electron chi connectivity index (χ2n) is 9.93. The third-order valence-electron chi connectivity index (χ3n) is 7.24. The van der Waals surface area contributed by atoms with Crippen LogP contribution < -0.4 is 15.2 Å². The molecule has 2 aromatic heterocycles. The quantitative estimate of drug-likeness (QED) is 0.355. The van der Waals surface area contributed by atoms with Gasteiger partial charge in [-0.05, 0) is 55.5 Å². The Bertz CT molecular complexity index is 1400. The summed E-state index contributed by atoms with van der Waals surface area (Å²) in [5.74, 6) is 5.91. The van der Waals surface area contributed by atoms with Crippen molar-refractivity contribution in [1.29, 1.82) is 0 Å². The number of rotatable bonds is 7. The van der Waals surface area contributed by atoms with Crippen molar-refractivity contribution < 1.29 is 27.3 Å². The number of carbonyl (C=O) groups excluding carboxylic acids is 1. The van der Waals surface area contributed by atoms with Crippen molar-refractivity contribution in [3.05, 3.63) is 59.5 Å². The zero-order valence-corrected chi connectivity index (χ0v) is 22.0. The van der Waals surface area contributed by atoms with E-state index in [4.69, 9.17) is 4.74 Å². The Morgan fingerprint density at radius 1 is 1.15 bits per heavy atom. The largest absolute Gasteiger partial charge is 0.406 e. The summed E-state index contributed by atoms with van der Waals surface area (Å²) in [5.41, 5.74) is 3.28. The highest BCUT2D eigenvalue weighted by atomic mass is 19.4. The van der Waals surface area contributed by atoms with Crippen LogP contribution in [0.15, 0.2) is 42.6 Å². The lowest BCUT2D eigenvalue weighted by Gasteiger charge is -2.23. The molecule has 39 heavy (non-hydrogen) atoms. The number of anilines is 1. The van der Waals surface area contributed by atoms with Gasteiger partial charge in [0, 0.05) is 49.3 Å². The van der Waals surface area contributed by atoms with Gasteiger partial charge in [-0.2, -0.15) is 17.7 Å². The van der Waals surface area contributed by atoms with Crippen LogP contribution in [0.1, 0.15) is 41.5 Å². The number of nitrogens with one attached hydrogen (secondary N) is 2. The predicted molar refractivity (Wildman–Crippen MR) is 142 cm³/mol. The molecule has 0 aliphatic carbocycles. The van der Waals surface area contributed by atoms with Crippen molar-refractivity contribution in [2.45, 2.75) is 51.6 Å². The van der Waals surface area contributed by atoms with Crippen LogP contribution in [0.2, 0.25) is 0 Å². The molecule has 2 aliphatic rings. The molecule has 1 aromatic carbocycles. The molecule has 0 atom stereocenters. The summed E-state index contributed by atoms with van der Waals surface area (Å²) in [7, 11) is 0. The Hall–Kier alpha value is -3.55. The molecule has 0 radical (unpaired) electrons. The minimum Gasteiger partial charge on any atom is -0.381 e. The number of amides is 1. The van der Waals surface area contributed by atoms with Gasteiger partial charge in [0.25, 0.3) is 5.69 Å². The molecule has 1 saturated heterocycles. The van der Waals surface area contributed by atoms with Crippen molar-refractivity contribution in [3.8, 4) is 11.8 Å². The predicted octanol–water partition coefficient (Wildman–Crippen LogP) is 3.70. The smallest absolute Gasteiger partial charge is 0.381 e. The number of fused-ring (bicyclic) bond motifs is 2. The molecule has 0 spiro atoms. The average Bonchev–Trinajstić information content (AvgIpc) is 3.25. The SMILES string of the molecule is CCN1CC[n+]2cc(NCC#Cc3cc4cc(CNC5CCOCC5)ccc4n3CC(F)(F)F)ccc2C1=O. The Labute approximate surface area is 225 Å². The molecule has 3 aromatic rings. The summed E-state index contributed by atoms with van der Waals surface area (Å²) < 4.78 is 48.8. The third kappa shape index (κ3) is 6.54. The standard InChI is InChI=1S/C29H32F3N5O2/c1-2-35-12-13-36-19-24(6-8-27(36)28(35)38)33-11-3-4-25-17-22-16-21(18-34-23-9-14-39-15-10-23)5-7-26(22)37(25)20-29(30,31)32/h5-8,16-17,19,23,34H,2,9-15,18,20H2,1H3/p+1. The number of benzene rings is 1. The number of pyridine rings is 1. The highest BCUT2D eigenvalue weighted by Crippen LogP contribution is 2.26. The Morgan fingerprint density at radius 3 is 2.74 bits per heavy atom. The summed E-state index contributed by atoms with van der Waals surface area (Å²) >= 11 is 0. The number of hydrogen-bond acceptors (Lipinski definition) is 4. The number of likely N-dealkylation sites (N-methyl/N-ethyl adjacent to an activating group) is 1. The number of carbonyl (C=O) groups is 1. The van der Waals surface area contributed by atoms with E-state index in [-0.39, 0.29) is 12.5 Å². The summed E-state index contributed by atoms with van der Waals surface area (Å²) in [6, 6.07) is 11.3. The number of nitrogens with zero attached hydrogens (tertiary/aromatic N) is 3. The van der Waals surface area contributed by atoms with Crippen molar-refractivity contribution in [2.24, 2.45) is 0 Å². The average molecular weight is 541 g/mol. The van der Waals surface area contributed by atoms with Crippen LogP contribution in [-0.2, 0) is 24.4 Å². The van der Waals surface area contributed by atoms with E-state index in [9.17, 15) is 18.0 Å². The lowest BCUT2D eigenvalue weighted by atomic mass is 10.1. The molecular weight excluding hydrogens is 507 g/mol. The zero-order valence-electron chi connectivity index (χ0n) is 22.0. The van der Waals surface area contributed by atoms with E-state index in [1.54, 1.807) is 23.1 Å². The third-order valence-corrected chi connectivity index (χ3v) is 7.24. The maximum atomic E-state index is 13.4. The van der Waals surface area contributed by atoms with Crippen molar-refractivity contribution in [3.63, 3.8) is 0 Å². The van der Waals surface area contributed by atoms with Crippen molar-refractivity contribution >= 4 is 22.5 Å². The van der Waals surface area contributed by atoms with Gasteiger partial charge in [-0.25, -0.2) is 0 Å². The lowest BCUT2D eigenvalue weighted by Crippen LogP contribution is -2.54. The fraction of sp³-hybridized carbons (Fsp3) is 0.448. The lowest BCUT2D eigenvalue weighted by molar-refractivity contribution is -0.701. The van der Waals surface area contributed by atoms with E-state index in [0.717, 1.165) is 42.7 Å². The van der Waals surface area contributed by atoms with Gasteiger partial charge in [-0.3, -0.25) is 4.79 Å². The first-order valence-corrected chi connectivity index (χ1v) is 13.4. The van der Waals surface area contributed by atoms with Crippen LogP contribution in [0, 0.1) is 11.8 Å². The number of hydrogen-bond donors (Lipinski definition) is 2.